The average Bonchev–Trinajstić information content (AvgIpc) is 2.48. The SMILES string of the molecule is NCC1CCN(CC2COc3ccccc3O2)CC1. The van der Waals surface area contributed by atoms with Gasteiger partial charge < -0.3 is 15.2 Å². The molecule has 2 N–H and O–H groups in total. The van der Waals surface area contributed by atoms with Crippen molar-refractivity contribution in [3.05, 3.63) is 24.3 Å². The molecule has 2 heterocycles. The van der Waals surface area contributed by atoms with Crippen molar-refractivity contribution in [2.45, 2.75) is 18.9 Å². The number of benzene rings is 1. The predicted molar refractivity (Wildman–Crippen MR) is 74.6 cm³/mol. The van der Waals surface area contributed by atoms with Gasteiger partial charge in [-0.15, -0.1) is 0 Å². The Morgan fingerprint density at radius 1 is 1.16 bits per heavy atom. The summed E-state index contributed by atoms with van der Waals surface area (Å²) < 4.78 is 11.7. The van der Waals surface area contributed by atoms with E-state index >= 15 is 0 Å². The predicted octanol–water partition coefficient (Wildman–Crippen LogP) is 1.50. The van der Waals surface area contributed by atoms with Crippen molar-refractivity contribution >= 4 is 0 Å². The zero-order chi connectivity index (χ0) is 13.1. The average molecular weight is 262 g/mol. The van der Waals surface area contributed by atoms with E-state index in [1.807, 2.05) is 24.3 Å². The Balaban J connectivity index is 1.52. The summed E-state index contributed by atoms with van der Waals surface area (Å²) in [6, 6.07) is 7.89. The minimum absolute atomic E-state index is 0.143. The Kier molecular flexibility index (Phi) is 3.89. The van der Waals surface area contributed by atoms with Crippen LogP contribution in [0.1, 0.15) is 12.8 Å². The van der Waals surface area contributed by atoms with E-state index in [1.54, 1.807) is 0 Å². The molecule has 3 rings (SSSR count). The van der Waals surface area contributed by atoms with Gasteiger partial charge in [0.2, 0.25) is 0 Å². The van der Waals surface area contributed by atoms with Crippen LogP contribution in [-0.2, 0) is 0 Å². The zero-order valence-electron chi connectivity index (χ0n) is 11.3. The summed E-state index contributed by atoms with van der Waals surface area (Å²) in [6.45, 7) is 4.68. The highest BCUT2D eigenvalue weighted by atomic mass is 16.6. The van der Waals surface area contributed by atoms with Gasteiger partial charge in [-0.05, 0) is 50.5 Å². The first-order valence-corrected chi connectivity index (χ1v) is 7.16. The summed E-state index contributed by atoms with van der Waals surface area (Å²) in [7, 11) is 0. The molecule has 1 unspecified atom stereocenters. The van der Waals surface area contributed by atoms with E-state index < -0.39 is 0 Å². The van der Waals surface area contributed by atoms with Crippen LogP contribution in [0.2, 0.25) is 0 Å². The van der Waals surface area contributed by atoms with Gasteiger partial charge in [0.15, 0.2) is 11.5 Å². The lowest BCUT2D eigenvalue weighted by Crippen LogP contribution is -2.44. The molecule has 0 aliphatic carbocycles. The van der Waals surface area contributed by atoms with Crippen LogP contribution in [0, 0.1) is 5.92 Å². The molecule has 0 radical (unpaired) electrons. The number of piperidine rings is 1. The largest absolute Gasteiger partial charge is 0.486 e. The van der Waals surface area contributed by atoms with Gasteiger partial charge in [-0.25, -0.2) is 0 Å². The van der Waals surface area contributed by atoms with Crippen LogP contribution in [0.4, 0.5) is 0 Å². The van der Waals surface area contributed by atoms with E-state index in [1.165, 1.54) is 12.8 Å². The summed E-state index contributed by atoms with van der Waals surface area (Å²) in [4.78, 5) is 2.47. The maximum atomic E-state index is 6.00. The third kappa shape index (κ3) is 3.01. The molecule has 0 amide bonds. The van der Waals surface area contributed by atoms with Crippen LogP contribution in [0.15, 0.2) is 24.3 Å². The number of hydrogen-bond donors (Lipinski definition) is 1. The highest BCUT2D eigenvalue weighted by molar-refractivity contribution is 5.40. The number of fused-ring (bicyclic) bond motifs is 1. The molecule has 4 nitrogen and oxygen atoms in total. The van der Waals surface area contributed by atoms with Crippen molar-refractivity contribution in [3.8, 4) is 11.5 Å². The number of likely N-dealkylation sites (tertiary alicyclic amines) is 1. The molecule has 2 aliphatic heterocycles. The highest BCUT2D eigenvalue weighted by Gasteiger charge is 2.25. The number of para-hydroxylation sites is 2. The molecule has 19 heavy (non-hydrogen) atoms. The Labute approximate surface area is 114 Å². The van der Waals surface area contributed by atoms with E-state index in [-0.39, 0.29) is 6.10 Å². The number of rotatable bonds is 3. The molecule has 0 bridgehead atoms. The Morgan fingerprint density at radius 3 is 2.63 bits per heavy atom. The van der Waals surface area contributed by atoms with Crippen molar-refractivity contribution in [1.29, 1.82) is 0 Å². The van der Waals surface area contributed by atoms with E-state index in [2.05, 4.69) is 4.90 Å². The van der Waals surface area contributed by atoms with Gasteiger partial charge >= 0.3 is 0 Å². The van der Waals surface area contributed by atoms with Gasteiger partial charge in [-0.2, -0.15) is 0 Å². The molecule has 0 aromatic heterocycles. The van der Waals surface area contributed by atoms with Crippen LogP contribution in [0.25, 0.3) is 0 Å². The lowest BCUT2D eigenvalue weighted by Gasteiger charge is -2.35. The third-order valence-electron chi connectivity index (χ3n) is 4.07. The van der Waals surface area contributed by atoms with Gasteiger partial charge in [0.1, 0.15) is 12.7 Å². The van der Waals surface area contributed by atoms with Gasteiger partial charge in [-0.1, -0.05) is 12.1 Å². The lowest BCUT2D eigenvalue weighted by molar-refractivity contribution is 0.0483. The number of nitrogens with zero attached hydrogens (tertiary/aromatic N) is 1. The van der Waals surface area contributed by atoms with Crippen LogP contribution in [0.3, 0.4) is 0 Å². The fourth-order valence-electron chi connectivity index (χ4n) is 2.85. The molecular weight excluding hydrogens is 240 g/mol. The molecule has 2 aliphatic rings. The second kappa shape index (κ2) is 5.80. The second-order valence-electron chi connectivity index (χ2n) is 5.48. The lowest BCUT2D eigenvalue weighted by atomic mass is 9.97. The highest BCUT2D eigenvalue weighted by Crippen LogP contribution is 2.31. The molecule has 0 saturated carbocycles. The fourth-order valence-corrected chi connectivity index (χ4v) is 2.85. The topological polar surface area (TPSA) is 47.7 Å². The van der Waals surface area contributed by atoms with Crippen molar-refractivity contribution in [1.82, 2.24) is 4.90 Å². The van der Waals surface area contributed by atoms with Gasteiger partial charge in [-0.3, -0.25) is 4.90 Å². The van der Waals surface area contributed by atoms with Crippen molar-refractivity contribution < 1.29 is 9.47 Å². The molecule has 104 valence electrons. The number of ether oxygens (including phenoxy) is 2. The minimum atomic E-state index is 0.143. The maximum Gasteiger partial charge on any atom is 0.161 e. The summed E-state index contributed by atoms with van der Waals surface area (Å²) >= 11 is 0. The smallest absolute Gasteiger partial charge is 0.161 e. The van der Waals surface area contributed by atoms with E-state index in [4.69, 9.17) is 15.2 Å². The number of nitrogens with two attached hydrogens (primary N) is 1. The first-order chi connectivity index (χ1) is 9.35. The van der Waals surface area contributed by atoms with E-state index in [0.717, 1.165) is 37.7 Å². The molecule has 1 fully saturated rings. The normalized spacial score (nSPS) is 24.4. The van der Waals surface area contributed by atoms with Gasteiger partial charge in [0, 0.05) is 6.54 Å². The fraction of sp³-hybridized carbons (Fsp3) is 0.600. The van der Waals surface area contributed by atoms with Crippen molar-refractivity contribution in [2.75, 3.05) is 32.8 Å². The van der Waals surface area contributed by atoms with Crippen LogP contribution < -0.4 is 15.2 Å². The van der Waals surface area contributed by atoms with Crippen LogP contribution in [-0.4, -0.2) is 43.8 Å². The summed E-state index contributed by atoms with van der Waals surface area (Å²) in [5.41, 5.74) is 5.72. The van der Waals surface area contributed by atoms with Crippen molar-refractivity contribution in [3.63, 3.8) is 0 Å². The van der Waals surface area contributed by atoms with Gasteiger partial charge in [0.05, 0.1) is 0 Å². The summed E-state index contributed by atoms with van der Waals surface area (Å²) in [6.07, 6.45) is 2.56. The molecular formula is C15H22N2O2. The van der Waals surface area contributed by atoms with Crippen LogP contribution >= 0.6 is 0 Å². The van der Waals surface area contributed by atoms with Crippen LogP contribution in [0.5, 0.6) is 11.5 Å². The third-order valence-corrected chi connectivity index (χ3v) is 4.07. The Morgan fingerprint density at radius 2 is 1.89 bits per heavy atom. The standard InChI is InChI=1S/C15H22N2O2/c16-9-12-5-7-17(8-6-12)10-13-11-18-14-3-1-2-4-15(14)19-13/h1-4,12-13H,5-11,16H2. The first kappa shape index (κ1) is 12.8. The quantitative estimate of drug-likeness (QED) is 0.896. The molecule has 1 aromatic rings. The Hall–Kier alpha value is -1.26. The zero-order valence-corrected chi connectivity index (χ0v) is 11.3. The first-order valence-electron chi connectivity index (χ1n) is 7.16. The summed E-state index contributed by atoms with van der Waals surface area (Å²) in [5, 5.41) is 0. The Bertz CT molecular complexity index is 416. The molecule has 0 spiro atoms. The van der Waals surface area contributed by atoms with E-state index in [0.29, 0.717) is 12.5 Å². The molecule has 1 saturated heterocycles. The van der Waals surface area contributed by atoms with E-state index in [9.17, 15) is 0 Å². The molecule has 1 aromatic carbocycles. The maximum absolute atomic E-state index is 6.00. The second-order valence-corrected chi connectivity index (χ2v) is 5.48. The monoisotopic (exact) mass is 262 g/mol. The molecule has 4 heteroatoms. The van der Waals surface area contributed by atoms with Gasteiger partial charge in [0.25, 0.3) is 0 Å². The number of hydrogen-bond acceptors (Lipinski definition) is 4. The van der Waals surface area contributed by atoms with Crippen molar-refractivity contribution in [2.24, 2.45) is 11.7 Å². The molecule has 1 atom stereocenters. The minimum Gasteiger partial charge on any atom is -0.486 e. The summed E-state index contributed by atoms with van der Waals surface area (Å²) in [5.74, 6) is 2.44.